The van der Waals surface area contributed by atoms with Gasteiger partial charge in [-0.3, -0.25) is 4.79 Å². The minimum Gasteiger partial charge on any atom is -0.366 e. The Hall–Kier alpha value is -1.59. The molecule has 0 unspecified atom stereocenters. The van der Waals surface area contributed by atoms with E-state index in [1.165, 1.54) is 0 Å². The van der Waals surface area contributed by atoms with Crippen LogP contribution in [0.25, 0.3) is 0 Å². The number of amides is 1. The number of primary amides is 1. The van der Waals surface area contributed by atoms with E-state index >= 15 is 0 Å². The van der Waals surface area contributed by atoms with Gasteiger partial charge in [0, 0.05) is 5.56 Å². The molecule has 0 aliphatic heterocycles. The molecule has 1 amide bonds. The molecule has 0 fully saturated rings. The Morgan fingerprint density at radius 3 is 2.29 bits per heavy atom. The molecule has 1 aromatic rings. The first-order valence-electron chi connectivity index (χ1n) is 3.49. The fourth-order valence-corrected chi connectivity index (χ4v) is 0.896. The van der Waals surface area contributed by atoms with Gasteiger partial charge in [-0.15, -0.1) is 0 Å². The van der Waals surface area contributed by atoms with Crippen molar-refractivity contribution < 1.29 is 22.4 Å². The predicted octanol–water partition coefficient (Wildman–Crippen LogP) is 1.94. The van der Waals surface area contributed by atoms with Gasteiger partial charge in [0.2, 0.25) is 5.91 Å². The van der Waals surface area contributed by atoms with Crippen molar-refractivity contribution in [2.75, 3.05) is 0 Å². The minimum atomic E-state index is -4.82. The molecule has 1 aromatic carbocycles. The van der Waals surface area contributed by atoms with E-state index in [0.717, 1.165) is 6.07 Å². The molecule has 0 spiro atoms. The van der Waals surface area contributed by atoms with Gasteiger partial charge >= 0.3 is 6.18 Å². The number of carbonyl (C=O) groups excluding carboxylic acids is 1. The molecular formula is C8H5F4NO. The lowest BCUT2D eigenvalue weighted by molar-refractivity contribution is -0.140. The normalized spacial score (nSPS) is 11.4. The van der Waals surface area contributed by atoms with Crippen LogP contribution < -0.4 is 5.73 Å². The summed E-state index contributed by atoms with van der Waals surface area (Å²) in [5.74, 6) is -2.46. The first kappa shape index (κ1) is 10.5. The topological polar surface area (TPSA) is 43.1 Å². The zero-order valence-corrected chi connectivity index (χ0v) is 6.73. The molecule has 0 heterocycles. The number of carbonyl (C=O) groups is 1. The summed E-state index contributed by atoms with van der Waals surface area (Å²) in [6.07, 6.45) is -4.82. The highest BCUT2D eigenvalue weighted by Crippen LogP contribution is 2.31. The smallest absolute Gasteiger partial charge is 0.366 e. The zero-order chi connectivity index (χ0) is 10.9. The molecule has 14 heavy (non-hydrogen) atoms. The van der Waals surface area contributed by atoms with Crippen molar-refractivity contribution in [2.24, 2.45) is 5.73 Å². The summed E-state index contributed by atoms with van der Waals surface area (Å²) < 4.78 is 49.0. The number of nitrogens with two attached hydrogens (primary N) is 1. The lowest BCUT2D eigenvalue weighted by Crippen LogP contribution is -2.14. The summed E-state index contributed by atoms with van der Waals surface area (Å²) >= 11 is 0. The van der Waals surface area contributed by atoms with Crippen molar-refractivity contribution in [1.29, 1.82) is 0 Å². The number of halogens is 4. The number of alkyl halides is 3. The van der Waals surface area contributed by atoms with Crippen molar-refractivity contribution in [3.63, 3.8) is 0 Å². The van der Waals surface area contributed by atoms with Crippen LogP contribution in [0.3, 0.4) is 0 Å². The van der Waals surface area contributed by atoms with Crippen LogP contribution in [-0.4, -0.2) is 5.91 Å². The zero-order valence-electron chi connectivity index (χ0n) is 6.73. The second-order valence-electron chi connectivity index (χ2n) is 2.56. The molecule has 2 N–H and O–H groups in total. The summed E-state index contributed by atoms with van der Waals surface area (Å²) in [7, 11) is 0. The highest BCUT2D eigenvalue weighted by atomic mass is 19.4. The molecule has 0 aromatic heterocycles. The third-order valence-electron chi connectivity index (χ3n) is 1.56. The number of benzene rings is 1. The van der Waals surface area contributed by atoms with Crippen molar-refractivity contribution >= 4 is 5.91 Å². The molecule has 0 saturated heterocycles. The van der Waals surface area contributed by atoms with E-state index in [1.54, 1.807) is 0 Å². The molecule has 6 heteroatoms. The maximum absolute atomic E-state index is 12.7. The minimum absolute atomic E-state index is 0.376. The molecule has 0 aliphatic rings. The van der Waals surface area contributed by atoms with E-state index < -0.39 is 23.5 Å². The third-order valence-corrected chi connectivity index (χ3v) is 1.56. The lowest BCUT2D eigenvalue weighted by atomic mass is 10.1. The van der Waals surface area contributed by atoms with E-state index in [2.05, 4.69) is 0 Å². The highest BCUT2D eigenvalue weighted by molar-refractivity contribution is 5.92. The Labute approximate surface area is 76.3 Å². The van der Waals surface area contributed by atoms with Gasteiger partial charge < -0.3 is 5.73 Å². The van der Waals surface area contributed by atoms with Gasteiger partial charge in [-0.2, -0.15) is 13.2 Å². The molecule has 2 nitrogen and oxygen atoms in total. The van der Waals surface area contributed by atoms with Crippen LogP contribution in [0.2, 0.25) is 0 Å². The van der Waals surface area contributed by atoms with E-state index in [4.69, 9.17) is 5.73 Å². The van der Waals surface area contributed by atoms with Crippen LogP contribution in [0.15, 0.2) is 18.2 Å². The Morgan fingerprint density at radius 1 is 1.29 bits per heavy atom. The molecule has 0 saturated carbocycles. The van der Waals surface area contributed by atoms with E-state index in [1.807, 2.05) is 0 Å². The van der Waals surface area contributed by atoms with E-state index in [0.29, 0.717) is 12.1 Å². The number of hydrogen-bond acceptors (Lipinski definition) is 1. The maximum Gasteiger partial charge on any atom is 0.419 e. The molecule has 0 aliphatic carbocycles. The van der Waals surface area contributed by atoms with Gasteiger partial charge in [0.25, 0.3) is 0 Å². The SMILES string of the molecule is NC(=O)c1ccc(F)c(C(F)(F)F)c1. The summed E-state index contributed by atoms with van der Waals surface area (Å²) in [6.45, 7) is 0. The van der Waals surface area contributed by atoms with Crippen molar-refractivity contribution in [3.8, 4) is 0 Å². The maximum atomic E-state index is 12.7. The Kier molecular flexibility index (Phi) is 2.46. The van der Waals surface area contributed by atoms with Gasteiger partial charge in [0.05, 0.1) is 5.56 Å². The molecule has 0 radical (unpaired) electrons. The van der Waals surface area contributed by atoms with Gasteiger partial charge in [0.15, 0.2) is 0 Å². The summed E-state index contributed by atoms with van der Waals surface area (Å²) in [6, 6.07) is 1.84. The Bertz CT molecular complexity index is 372. The number of hydrogen-bond donors (Lipinski definition) is 1. The fourth-order valence-electron chi connectivity index (χ4n) is 0.896. The fraction of sp³-hybridized carbons (Fsp3) is 0.125. The predicted molar refractivity (Wildman–Crippen MR) is 39.9 cm³/mol. The second-order valence-corrected chi connectivity index (χ2v) is 2.56. The summed E-state index contributed by atoms with van der Waals surface area (Å²) in [5, 5.41) is 0. The standard InChI is InChI=1S/C8H5F4NO/c9-6-2-1-4(7(13)14)3-5(6)8(10,11)12/h1-3H,(H2,13,14). The van der Waals surface area contributed by atoms with Gasteiger partial charge in [0.1, 0.15) is 5.82 Å². The van der Waals surface area contributed by atoms with E-state index in [-0.39, 0.29) is 5.56 Å². The average molecular weight is 207 g/mol. The highest BCUT2D eigenvalue weighted by Gasteiger charge is 2.34. The molecule has 1 rings (SSSR count). The monoisotopic (exact) mass is 207 g/mol. The van der Waals surface area contributed by atoms with Gasteiger partial charge in [-0.1, -0.05) is 0 Å². The molecule has 0 bridgehead atoms. The van der Waals surface area contributed by atoms with E-state index in [9.17, 15) is 22.4 Å². The number of rotatable bonds is 1. The van der Waals surface area contributed by atoms with Crippen LogP contribution in [-0.2, 0) is 6.18 Å². The molecule has 76 valence electrons. The Balaban J connectivity index is 3.29. The summed E-state index contributed by atoms with van der Waals surface area (Å²) in [4.78, 5) is 10.5. The van der Waals surface area contributed by atoms with Crippen LogP contribution in [0.1, 0.15) is 15.9 Å². The van der Waals surface area contributed by atoms with Crippen molar-refractivity contribution in [2.45, 2.75) is 6.18 Å². The van der Waals surface area contributed by atoms with Crippen LogP contribution in [0.5, 0.6) is 0 Å². The third kappa shape index (κ3) is 2.01. The van der Waals surface area contributed by atoms with Crippen LogP contribution in [0, 0.1) is 5.82 Å². The largest absolute Gasteiger partial charge is 0.419 e. The van der Waals surface area contributed by atoms with Crippen LogP contribution in [0.4, 0.5) is 17.6 Å². The summed E-state index contributed by atoms with van der Waals surface area (Å²) in [5.41, 5.74) is 2.88. The second kappa shape index (κ2) is 3.28. The van der Waals surface area contributed by atoms with Crippen molar-refractivity contribution in [1.82, 2.24) is 0 Å². The van der Waals surface area contributed by atoms with Crippen LogP contribution >= 0.6 is 0 Å². The van der Waals surface area contributed by atoms with Gasteiger partial charge in [-0.05, 0) is 18.2 Å². The molecule has 0 atom stereocenters. The molecular weight excluding hydrogens is 202 g/mol. The average Bonchev–Trinajstić information content (AvgIpc) is 2.02. The first-order chi connectivity index (χ1) is 6.32. The van der Waals surface area contributed by atoms with Gasteiger partial charge in [-0.25, -0.2) is 4.39 Å². The lowest BCUT2D eigenvalue weighted by Gasteiger charge is -2.08. The first-order valence-corrected chi connectivity index (χ1v) is 3.49. The Morgan fingerprint density at radius 2 is 1.86 bits per heavy atom. The quantitative estimate of drug-likeness (QED) is 0.702. The van der Waals surface area contributed by atoms with Crippen molar-refractivity contribution in [3.05, 3.63) is 35.1 Å².